The Balaban J connectivity index is 0.00000288. The van der Waals surface area contributed by atoms with E-state index in [-0.39, 0.29) is 41.6 Å². The highest BCUT2D eigenvalue weighted by atomic mass is 35.5. The summed E-state index contributed by atoms with van der Waals surface area (Å²) in [6.45, 7) is 3.74. The van der Waals surface area contributed by atoms with Gasteiger partial charge in [0.2, 0.25) is 10.0 Å². The normalized spacial score (nSPS) is 18.9. The van der Waals surface area contributed by atoms with Gasteiger partial charge in [-0.2, -0.15) is 0 Å². The van der Waals surface area contributed by atoms with Crippen LogP contribution in [0.2, 0.25) is 0 Å². The van der Waals surface area contributed by atoms with Gasteiger partial charge in [-0.15, -0.1) is 12.4 Å². The van der Waals surface area contributed by atoms with Gasteiger partial charge < -0.3 is 14.8 Å². The van der Waals surface area contributed by atoms with Crippen LogP contribution in [0.3, 0.4) is 0 Å². The number of ether oxygens (including phenoxy) is 2. The molecule has 2 rings (SSSR count). The maximum atomic E-state index is 14.1. The van der Waals surface area contributed by atoms with Crippen LogP contribution < -0.4 is 14.8 Å². The van der Waals surface area contributed by atoms with Crippen LogP contribution in [0.25, 0.3) is 0 Å². The monoisotopic (exact) mass is 382 g/mol. The molecular weight excluding hydrogens is 359 g/mol. The van der Waals surface area contributed by atoms with Crippen molar-refractivity contribution in [3.8, 4) is 5.75 Å². The van der Waals surface area contributed by atoms with E-state index in [0.29, 0.717) is 19.8 Å². The largest absolute Gasteiger partial charge is 0.490 e. The zero-order valence-electron chi connectivity index (χ0n) is 13.7. The number of halogens is 2. The van der Waals surface area contributed by atoms with Crippen LogP contribution in [0.4, 0.5) is 4.39 Å². The molecule has 138 valence electrons. The first-order valence-corrected chi connectivity index (χ1v) is 9.07. The smallest absolute Gasteiger partial charge is 0.240 e. The minimum absolute atomic E-state index is 0. The van der Waals surface area contributed by atoms with Crippen LogP contribution in [-0.2, 0) is 14.8 Å². The lowest BCUT2D eigenvalue weighted by atomic mass is 10.1. The topological polar surface area (TPSA) is 76.7 Å². The summed E-state index contributed by atoms with van der Waals surface area (Å²) in [5.74, 6) is -0.379. The number of hydrogen-bond acceptors (Lipinski definition) is 5. The summed E-state index contributed by atoms with van der Waals surface area (Å²) < 4.78 is 51.4. The van der Waals surface area contributed by atoms with Crippen molar-refractivity contribution in [3.05, 3.63) is 24.0 Å². The van der Waals surface area contributed by atoms with E-state index in [1.54, 1.807) is 7.05 Å². The number of sulfonamides is 1. The third-order valence-corrected chi connectivity index (χ3v) is 5.21. The lowest BCUT2D eigenvalue weighted by Gasteiger charge is -2.14. The molecule has 2 atom stereocenters. The van der Waals surface area contributed by atoms with Gasteiger partial charge in [0, 0.05) is 25.1 Å². The minimum atomic E-state index is -3.74. The first-order valence-electron chi connectivity index (χ1n) is 7.59. The molecule has 1 saturated heterocycles. The van der Waals surface area contributed by atoms with Crippen molar-refractivity contribution in [1.82, 2.24) is 10.0 Å². The van der Waals surface area contributed by atoms with E-state index in [9.17, 15) is 12.8 Å². The molecule has 1 aliphatic heterocycles. The zero-order chi connectivity index (χ0) is 16.9. The second kappa shape index (κ2) is 9.53. The van der Waals surface area contributed by atoms with Crippen LogP contribution in [0.5, 0.6) is 5.75 Å². The van der Waals surface area contributed by atoms with Crippen molar-refractivity contribution in [3.63, 3.8) is 0 Å². The Morgan fingerprint density at radius 3 is 2.79 bits per heavy atom. The van der Waals surface area contributed by atoms with Crippen molar-refractivity contribution < 1.29 is 22.3 Å². The summed E-state index contributed by atoms with van der Waals surface area (Å²) in [6, 6.07) is 3.65. The average Bonchev–Trinajstić information content (AvgIpc) is 3.04. The molecule has 2 unspecified atom stereocenters. The van der Waals surface area contributed by atoms with Crippen LogP contribution in [0.1, 0.15) is 13.3 Å². The molecule has 9 heteroatoms. The second-order valence-electron chi connectivity index (χ2n) is 5.67. The Morgan fingerprint density at radius 2 is 2.21 bits per heavy atom. The fraction of sp³-hybridized carbons (Fsp3) is 0.600. The molecule has 0 spiro atoms. The first kappa shape index (κ1) is 21.1. The molecule has 0 bridgehead atoms. The second-order valence-corrected chi connectivity index (χ2v) is 7.44. The molecule has 1 aromatic rings. The number of likely N-dealkylation sites (N-methyl/N-ethyl adjacent to an activating group) is 1. The Morgan fingerprint density at radius 1 is 1.46 bits per heavy atom. The highest BCUT2D eigenvalue weighted by Crippen LogP contribution is 2.22. The summed E-state index contributed by atoms with van der Waals surface area (Å²) in [6.07, 6.45) is 0.891. The molecule has 6 nitrogen and oxygen atoms in total. The van der Waals surface area contributed by atoms with Crippen LogP contribution in [0.15, 0.2) is 23.1 Å². The summed E-state index contributed by atoms with van der Waals surface area (Å²) in [4.78, 5) is -0.116. The van der Waals surface area contributed by atoms with Crippen molar-refractivity contribution >= 4 is 22.4 Å². The fourth-order valence-electron chi connectivity index (χ4n) is 2.11. The van der Waals surface area contributed by atoms with E-state index in [1.807, 2.05) is 6.92 Å². The molecule has 2 N–H and O–H groups in total. The molecule has 24 heavy (non-hydrogen) atoms. The minimum Gasteiger partial charge on any atom is -0.490 e. The van der Waals surface area contributed by atoms with Gasteiger partial charge in [0.25, 0.3) is 0 Å². The molecule has 0 radical (unpaired) electrons. The van der Waals surface area contributed by atoms with Gasteiger partial charge in [-0.05, 0) is 38.6 Å². The van der Waals surface area contributed by atoms with Gasteiger partial charge in [0.15, 0.2) is 11.6 Å². The van der Waals surface area contributed by atoms with Gasteiger partial charge >= 0.3 is 0 Å². The van der Waals surface area contributed by atoms with E-state index < -0.39 is 15.8 Å². The molecule has 0 saturated carbocycles. The molecule has 1 heterocycles. The number of rotatable bonds is 8. The van der Waals surface area contributed by atoms with E-state index in [4.69, 9.17) is 9.47 Å². The van der Waals surface area contributed by atoms with Crippen molar-refractivity contribution in [2.45, 2.75) is 24.3 Å². The number of benzene rings is 1. The van der Waals surface area contributed by atoms with Crippen LogP contribution in [-0.4, -0.2) is 47.9 Å². The summed E-state index contributed by atoms with van der Waals surface area (Å²) in [7, 11) is -2.00. The molecule has 0 aromatic heterocycles. The van der Waals surface area contributed by atoms with Crippen LogP contribution >= 0.6 is 12.4 Å². The average molecular weight is 383 g/mol. The van der Waals surface area contributed by atoms with Crippen molar-refractivity contribution in [2.24, 2.45) is 5.92 Å². The number of hydrogen-bond donors (Lipinski definition) is 2. The number of nitrogens with one attached hydrogen (secondary N) is 2. The molecule has 1 aromatic carbocycles. The third kappa shape index (κ3) is 5.86. The lowest BCUT2D eigenvalue weighted by molar-refractivity contribution is 0.165. The summed E-state index contributed by atoms with van der Waals surface area (Å²) >= 11 is 0. The highest BCUT2D eigenvalue weighted by Gasteiger charge is 2.19. The van der Waals surface area contributed by atoms with Gasteiger partial charge in [-0.25, -0.2) is 17.5 Å². The quantitative estimate of drug-likeness (QED) is 0.713. The fourth-order valence-corrected chi connectivity index (χ4v) is 3.25. The Kier molecular flexibility index (Phi) is 8.38. The molecule has 1 aliphatic rings. The Hall–Kier alpha value is -0.930. The lowest BCUT2D eigenvalue weighted by Crippen LogP contribution is -2.37. The maximum Gasteiger partial charge on any atom is 0.240 e. The molecule has 0 aliphatic carbocycles. The van der Waals surface area contributed by atoms with Gasteiger partial charge in [0.05, 0.1) is 18.1 Å². The highest BCUT2D eigenvalue weighted by molar-refractivity contribution is 7.89. The van der Waals surface area contributed by atoms with E-state index in [0.717, 1.165) is 12.5 Å². The standard InChI is InChI=1S/C15H23FN2O4S.ClH/c1-11(17-2)8-18-23(19,20)13-3-4-15(14(16)7-13)22-10-12-5-6-21-9-12;/h3-4,7,11-12,17-18H,5-6,8-10H2,1-2H3;1H. The van der Waals surface area contributed by atoms with E-state index in [1.165, 1.54) is 12.1 Å². The van der Waals surface area contributed by atoms with E-state index >= 15 is 0 Å². The van der Waals surface area contributed by atoms with Gasteiger partial charge in [0.1, 0.15) is 0 Å². The summed E-state index contributed by atoms with van der Waals surface area (Å²) in [5, 5.41) is 2.92. The predicted molar refractivity (Wildman–Crippen MR) is 91.8 cm³/mol. The first-order chi connectivity index (χ1) is 10.9. The summed E-state index contributed by atoms with van der Waals surface area (Å²) in [5.41, 5.74) is 0. The SMILES string of the molecule is CNC(C)CNS(=O)(=O)c1ccc(OCC2CCOC2)c(F)c1.Cl. The molecule has 1 fully saturated rings. The van der Waals surface area contributed by atoms with E-state index in [2.05, 4.69) is 10.0 Å². The van der Waals surface area contributed by atoms with Crippen molar-refractivity contribution in [2.75, 3.05) is 33.4 Å². The Bertz CT molecular complexity index is 624. The molecule has 0 amide bonds. The Labute approximate surface area is 148 Å². The van der Waals surface area contributed by atoms with Crippen molar-refractivity contribution in [1.29, 1.82) is 0 Å². The zero-order valence-corrected chi connectivity index (χ0v) is 15.4. The predicted octanol–water partition coefficient (Wildman–Crippen LogP) is 1.55. The maximum absolute atomic E-state index is 14.1. The molecular formula is C15H24ClFN2O4S. The van der Waals surface area contributed by atoms with Gasteiger partial charge in [-0.1, -0.05) is 0 Å². The third-order valence-electron chi connectivity index (χ3n) is 3.78. The van der Waals surface area contributed by atoms with Crippen LogP contribution in [0, 0.1) is 11.7 Å². The van der Waals surface area contributed by atoms with Gasteiger partial charge in [-0.3, -0.25) is 0 Å².